The van der Waals surface area contributed by atoms with E-state index in [4.69, 9.17) is 9.15 Å². The number of anilines is 3. The van der Waals surface area contributed by atoms with Crippen LogP contribution in [0.4, 0.5) is 17.2 Å². The Balaban J connectivity index is 0.00000289. The van der Waals surface area contributed by atoms with Crippen LogP contribution in [-0.4, -0.2) is 14.8 Å². The third-order valence-corrected chi connectivity index (χ3v) is 6.46. The van der Waals surface area contributed by atoms with Gasteiger partial charge in [-0.15, -0.1) is 23.8 Å². The number of furan rings is 1. The molecule has 0 aliphatic carbocycles. The molecular weight excluding hydrogens is 679 g/mol. The summed E-state index contributed by atoms with van der Waals surface area (Å²) in [6, 6.07) is 40.5. The van der Waals surface area contributed by atoms with E-state index in [1.54, 1.807) is 10.9 Å². The van der Waals surface area contributed by atoms with E-state index in [1.807, 2.05) is 121 Å². The predicted octanol–water partition coefficient (Wildman–Crippen LogP) is 8.24. The molecule has 0 aliphatic heterocycles. The Morgan fingerprint density at radius 3 is 2.45 bits per heavy atom. The van der Waals surface area contributed by atoms with E-state index in [2.05, 4.69) is 22.2 Å². The Hall–Kier alpha value is -4.67. The molecule has 6 nitrogen and oxygen atoms in total. The summed E-state index contributed by atoms with van der Waals surface area (Å²) in [7, 11) is 1.89. The molecule has 7 rings (SSSR count). The summed E-state index contributed by atoms with van der Waals surface area (Å²) in [4.78, 5) is 6.64. The fourth-order valence-corrected chi connectivity index (χ4v) is 4.72. The third kappa shape index (κ3) is 4.78. The zero-order valence-electron chi connectivity index (χ0n) is 21.4. The molecule has 0 bridgehead atoms. The Labute approximate surface area is 245 Å². The van der Waals surface area contributed by atoms with Crippen molar-refractivity contribution in [2.45, 2.75) is 0 Å². The summed E-state index contributed by atoms with van der Waals surface area (Å²) < 4.78 is 14.5. The number of hydrogen-bond acceptors (Lipinski definition) is 5. The maximum atomic E-state index is 6.54. The second-order valence-electron chi connectivity index (χ2n) is 9.09. The van der Waals surface area contributed by atoms with Crippen LogP contribution in [0.5, 0.6) is 11.5 Å². The third-order valence-electron chi connectivity index (χ3n) is 6.46. The average Bonchev–Trinajstić information content (AvgIpc) is 3.58. The number of fused-ring (bicyclic) bond motifs is 3. The molecule has 7 heteroatoms. The molecular formula is C33H22N4O2Pt. The van der Waals surface area contributed by atoms with Crippen molar-refractivity contribution in [1.29, 1.82) is 0 Å². The molecule has 0 atom stereocenters. The number of rotatable bonds is 6. The molecule has 0 fully saturated rings. The van der Waals surface area contributed by atoms with Crippen molar-refractivity contribution in [2.75, 3.05) is 4.90 Å². The van der Waals surface area contributed by atoms with E-state index in [0.29, 0.717) is 17.1 Å². The van der Waals surface area contributed by atoms with Crippen LogP contribution >= 0.6 is 0 Å². The first kappa shape index (κ1) is 25.6. The van der Waals surface area contributed by atoms with Gasteiger partial charge in [-0.25, -0.2) is 10.1 Å². The molecule has 0 aliphatic rings. The first-order valence-corrected chi connectivity index (χ1v) is 12.6. The van der Waals surface area contributed by atoms with Gasteiger partial charge in [-0.05, 0) is 41.1 Å². The van der Waals surface area contributed by atoms with Gasteiger partial charge in [0.1, 0.15) is 11.4 Å². The van der Waals surface area contributed by atoms with Crippen LogP contribution in [0, 0.1) is 12.1 Å². The second kappa shape index (κ2) is 10.8. The van der Waals surface area contributed by atoms with Crippen LogP contribution in [0.3, 0.4) is 0 Å². The fraction of sp³-hybridized carbons (Fsp3) is 0.0303. The minimum atomic E-state index is 0. The van der Waals surface area contributed by atoms with Gasteiger partial charge in [-0.1, -0.05) is 66.4 Å². The Bertz CT molecular complexity index is 1880. The monoisotopic (exact) mass is 701 g/mol. The molecule has 0 saturated carbocycles. The smallest absolute Gasteiger partial charge is 0.502 e. The number of benzene rings is 4. The van der Waals surface area contributed by atoms with Crippen molar-refractivity contribution in [3.63, 3.8) is 0 Å². The molecule has 196 valence electrons. The average molecular weight is 702 g/mol. The minimum absolute atomic E-state index is 0. The summed E-state index contributed by atoms with van der Waals surface area (Å²) in [5, 5.41) is 6.38. The first-order chi connectivity index (χ1) is 19.2. The van der Waals surface area contributed by atoms with Crippen molar-refractivity contribution >= 4 is 39.1 Å². The van der Waals surface area contributed by atoms with Crippen LogP contribution < -0.4 is 9.64 Å². The van der Waals surface area contributed by atoms with Crippen molar-refractivity contribution in [3.05, 3.63) is 128 Å². The van der Waals surface area contributed by atoms with Crippen molar-refractivity contribution in [2.24, 2.45) is 7.05 Å². The zero-order chi connectivity index (χ0) is 26.2. The number of nitrogens with zero attached hydrogens (tertiary/aromatic N) is 4. The van der Waals surface area contributed by atoms with Crippen LogP contribution in [0.1, 0.15) is 0 Å². The van der Waals surface area contributed by atoms with Crippen molar-refractivity contribution in [1.82, 2.24) is 14.8 Å². The van der Waals surface area contributed by atoms with Gasteiger partial charge in [0.2, 0.25) is 0 Å². The summed E-state index contributed by atoms with van der Waals surface area (Å²) in [6.45, 7) is 0. The molecule has 40 heavy (non-hydrogen) atoms. The Kier molecular flexibility index (Phi) is 6.93. The number of hydrogen-bond donors (Lipinski definition) is 0. The fourth-order valence-electron chi connectivity index (χ4n) is 4.72. The molecule has 3 aromatic heterocycles. The molecule has 0 unspecified atom stereocenters. The molecule has 0 radical (unpaired) electrons. The van der Waals surface area contributed by atoms with Gasteiger partial charge < -0.3 is 14.1 Å². The maximum absolute atomic E-state index is 6.54. The summed E-state index contributed by atoms with van der Waals surface area (Å²) in [5.74, 6) is 1.88. The molecule has 4 aromatic carbocycles. The standard InChI is InChI=1S/C33H22N4O2.Pt/c1-36-19-17-28(35-36)23-20-30(33-27-14-5-6-15-29(27)39-31(33)21-23)38-26-13-9-12-25(22-26)37(24-10-3-2-4-11-24)32-16-7-8-18-34-32;/h2-19,21H,1H3;/q-2;+2. The number of aromatic nitrogens is 3. The molecule has 0 spiro atoms. The number of para-hydroxylation sites is 2. The SMILES string of the molecule is Cn1ccc(-c2[c-]c(Oc3[c-]c(N(c4ccccc4)c4ccccn4)ccc3)c3c(c2)oc2ccccc23)n1.[Pt+2]. The van der Waals surface area contributed by atoms with E-state index in [1.165, 1.54) is 0 Å². The predicted molar refractivity (Wildman–Crippen MR) is 153 cm³/mol. The van der Waals surface area contributed by atoms with Crippen LogP contribution in [0.15, 0.2) is 120 Å². The largest absolute Gasteiger partial charge is 2.00 e. The van der Waals surface area contributed by atoms with Gasteiger partial charge >= 0.3 is 21.1 Å². The van der Waals surface area contributed by atoms with Gasteiger partial charge in [0, 0.05) is 36.6 Å². The summed E-state index contributed by atoms with van der Waals surface area (Å²) >= 11 is 0. The second-order valence-corrected chi connectivity index (χ2v) is 9.09. The van der Waals surface area contributed by atoms with Gasteiger partial charge in [-0.3, -0.25) is 4.68 Å². The van der Waals surface area contributed by atoms with Gasteiger partial charge in [0.25, 0.3) is 0 Å². The van der Waals surface area contributed by atoms with E-state index >= 15 is 0 Å². The van der Waals surface area contributed by atoms with Crippen molar-refractivity contribution < 1.29 is 30.2 Å². The van der Waals surface area contributed by atoms with Crippen LogP contribution in [-0.2, 0) is 28.1 Å². The zero-order valence-corrected chi connectivity index (χ0v) is 23.7. The van der Waals surface area contributed by atoms with E-state index < -0.39 is 0 Å². The molecule has 0 amide bonds. The normalized spacial score (nSPS) is 10.9. The molecule has 3 heterocycles. The van der Waals surface area contributed by atoms with Gasteiger partial charge in [-0.2, -0.15) is 6.07 Å². The Morgan fingerprint density at radius 1 is 0.825 bits per heavy atom. The summed E-state index contributed by atoms with van der Waals surface area (Å²) in [6.07, 6.45) is 3.68. The van der Waals surface area contributed by atoms with Crippen LogP contribution in [0.2, 0.25) is 0 Å². The minimum Gasteiger partial charge on any atom is -0.502 e. The van der Waals surface area contributed by atoms with Crippen LogP contribution in [0.25, 0.3) is 33.2 Å². The topological polar surface area (TPSA) is 56.3 Å². The van der Waals surface area contributed by atoms with E-state index in [9.17, 15) is 0 Å². The first-order valence-electron chi connectivity index (χ1n) is 12.6. The number of pyridine rings is 1. The van der Waals surface area contributed by atoms with Gasteiger partial charge in [0.15, 0.2) is 0 Å². The van der Waals surface area contributed by atoms with Crippen molar-refractivity contribution in [3.8, 4) is 22.8 Å². The maximum Gasteiger partial charge on any atom is 2.00 e. The molecule has 0 saturated heterocycles. The Morgan fingerprint density at radius 2 is 1.65 bits per heavy atom. The quantitative estimate of drug-likeness (QED) is 0.164. The molecule has 7 aromatic rings. The van der Waals surface area contributed by atoms with Gasteiger partial charge in [0.05, 0.1) is 11.3 Å². The van der Waals surface area contributed by atoms with E-state index in [-0.39, 0.29) is 21.1 Å². The molecule has 0 N–H and O–H groups in total. The summed E-state index contributed by atoms with van der Waals surface area (Å²) in [5.41, 5.74) is 4.83. The van der Waals surface area contributed by atoms with E-state index in [0.717, 1.165) is 44.8 Å². The number of ether oxygens (including phenoxy) is 1. The number of aryl methyl sites for hydroxylation is 1.